The first-order valence-corrected chi connectivity index (χ1v) is 6.81. The fraction of sp³-hybridized carbons (Fsp3) is 0.846. The van der Waals surface area contributed by atoms with Crippen molar-refractivity contribution in [3.63, 3.8) is 0 Å². The molecule has 19 heavy (non-hydrogen) atoms. The van der Waals surface area contributed by atoms with Gasteiger partial charge in [0.25, 0.3) is 0 Å². The Morgan fingerprint density at radius 3 is 2.74 bits per heavy atom. The van der Waals surface area contributed by atoms with Crippen molar-refractivity contribution in [1.29, 1.82) is 0 Å². The molecule has 6 nitrogen and oxygen atoms in total. The van der Waals surface area contributed by atoms with Crippen LogP contribution in [0.5, 0.6) is 0 Å². The van der Waals surface area contributed by atoms with Crippen LogP contribution in [0.4, 0.5) is 0 Å². The van der Waals surface area contributed by atoms with Crippen LogP contribution in [-0.2, 0) is 9.53 Å². The van der Waals surface area contributed by atoms with Crippen molar-refractivity contribution < 1.29 is 14.7 Å². The van der Waals surface area contributed by atoms with Crippen molar-refractivity contribution in [1.82, 2.24) is 4.90 Å². The molecule has 0 saturated heterocycles. The van der Waals surface area contributed by atoms with E-state index in [-0.39, 0.29) is 17.8 Å². The van der Waals surface area contributed by atoms with Gasteiger partial charge in [0.2, 0.25) is 5.91 Å². The van der Waals surface area contributed by atoms with Crippen molar-refractivity contribution in [2.75, 3.05) is 13.7 Å². The number of amides is 1. The molecule has 0 heterocycles. The topological polar surface area (TPSA) is 88.2 Å². The highest BCUT2D eigenvalue weighted by Crippen LogP contribution is 2.33. The van der Waals surface area contributed by atoms with Gasteiger partial charge < -0.3 is 20.6 Å². The van der Waals surface area contributed by atoms with E-state index in [1.54, 1.807) is 11.9 Å². The molecule has 0 aromatic carbocycles. The van der Waals surface area contributed by atoms with Gasteiger partial charge in [-0.25, -0.2) is 0 Å². The summed E-state index contributed by atoms with van der Waals surface area (Å²) in [5.41, 5.74) is 5.45. The third-order valence-corrected chi connectivity index (χ3v) is 3.75. The third kappa shape index (κ3) is 4.70. The van der Waals surface area contributed by atoms with Crippen LogP contribution in [0.1, 0.15) is 39.5 Å². The molecule has 6 heteroatoms. The van der Waals surface area contributed by atoms with Gasteiger partial charge in [0.05, 0.1) is 6.10 Å². The van der Waals surface area contributed by atoms with E-state index in [1.165, 1.54) is 0 Å². The first-order valence-electron chi connectivity index (χ1n) is 6.81. The van der Waals surface area contributed by atoms with Crippen molar-refractivity contribution in [2.24, 2.45) is 16.8 Å². The lowest BCUT2D eigenvalue weighted by Crippen LogP contribution is -2.41. The van der Waals surface area contributed by atoms with Crippen LogP contribution < -0.4 is 5.73 Å². The number of amidine groups is 1. The predicted octanol–water partition coefficient (Wildman–Crippen LogP) is 1.18. The molecule has 1 fully saturated rings. The molecule has 1 aliphatic rings. The van der Waals surface area contributed by atoms with E-state index in [4.69, 9.17) is 15.7 Å². The molecule has 1 atom stereocenters. The lowest BCUT2D eigenvalue weighted by molar-refractivity contribution is -0.134. The van der Waals surface area contributed by atoms with E-state index in [9.17, 15) is 4.79 Å². The quantitative estimate of drug-likeness (QED) is 0.315. The molecule has 0 aliphatic heterocycles. The summed E-state index contributed by atoms with van der Waals surface area (Å²) in [6.45, 7) is 4.61. The maximum atomic E-state index is 12.1. The Morgan fingerprint density at radius 2 is 2.21 bits per heavy atom. The Bertz CT molecular complexity index is 327. The molecule has 1 saturated carbocycles. The number of hydrogen-bond donors (Lipinski definition) is 2. The molecule has 1 amide bonds. The highest BCUT2D eigenvalue weighted by atomic mass is 16.5. The molecule has 0 bridgehead atoms. The summed E-state index contributed by atoms with van der Waals surface area (Å²) in [6, 6.07) is -0.0637. The van der Waals surface area contributed by atoms with E-state index in [0.29, 0.717) is 24.9 Å². The number of carbonyl (C=O) groups excluding carboxylic acids is 1. The van der Waals surface area contributed by atoms with E-state index in [2.05, 4.69) is 5.16 Å². The SMILES string of the molecule is CCOC1CC(CC(=O)N(C)C(C)CC(N)=NO)C1. The summed E-state index contributed by atoms with van der Waals surface area (Å²) in [7, 11) is 1.76. The van der Waals surface area contributed by atoms with Gasteiger partial charge in [0, 0.05) is 32.5 Å². The number of oxime groups is 1. The van der Waals surface area contributed by atoms with Crippen molar-refractivity contribution in [3.8, 4) is 0 Å². The molecule has 0 aromatic heterocycles. The molecule has 0 radical (unpaired) electrons. The molecule has 0 spiro atoms. The van der Waals surface area contributed by atoms with E-state index < -0.39 is 0 Å². The van der Waals surface area contributed by atoms with Crippen LogP contribution in [0, 0.1) is 5.92 Å². The summed E-state index contributed by atoms with van der Waals surface area (Å²) < 4.78 is 5.48. The predicted molar refractivity (Wildman–Crippen MR) is 73.0 cm³/mol. The van der Waals surface area contributed by atoms with E-state index in [1.807, 2.05) is 13.8 Å². The second-order valence-electron chi connectivity index (χ2n) is 5.27. The van der Waals surface area contributed by atoms with Crippen LogP contribution in [0.2, 0.25) is 0 Å². The maximum Gasteiger partial charge on any atom is 0.222 e. The van der Waals surface area contributed by atoms with Crippen LogP contribution >= 0.6 is 0 Å². The summed E-state index contributed by atoms with van der Waals surface area (Å²) in [4.78, 5) is 13.7. The zero-order valence-electron chi connectivity index (χ0n) is 12.0. The smallest absolute Gasteiger partial charge is 0.222 e. The fourth-order valence-electron chi connectivity index (χ4n) is 2.33. The standard InChI is InChI=1S/C13H25N3O3/c1-4-19-11-6-10(7-11)8-13(17)16(3)9(2)5-12(14)15-18/h9-11,18H,4-8H2,1-3H3,(H2,14,15). The van der Waals surface area contributed by atoms with Crippen LogP contribution in [0.25, 0.3) is 0 Å². The van der Waals surface area contributed by atoms with E-state index in [0.717, 1.165) is 19.4 Å². The largest absolute Gasteiger partial charge is 0.409 e. The van der Waals surface area contributed by atoms with Crippen LogP contribution in [-0.4, -0.2) is 47.7 Å². The van der Waals surface area contributed by atoms with Gasteiger partial charge in [0.1, 0.15) is 5.84 Å². The number of carbonyl (C=O) groups is 1. The zero-order chi connectivity index (χ0) is 14.4. The minimum Gasteiger partial charge on any atom is -0.409 e. The maximum absolute atomic E-state index is 12.1. The number of hydrogen-bond acceptors (Lipinski definition) is 4. The molecule has 3 N–H and O–H groups in total. The normalized spacial score (nSPS) is 24.7. The van der Waals surface area contributed by atoms with Gasteiger partial charge in [0.15, 0.2) is 0 Å². The third-order valence-electron chi connectivity index (χ3n) is 3.75. The Balaban J connectivity index is 2.29. The molecule has 0 aromatic rings. The first kappa shape index (κ1) is 15.8. The molecule has 110 valence electrons. The molecular formula is C13H25N3O3. The van der Waals surface area contributed by atoms with Gasteiger partial charge in [-0.2, -0.15) is 0 Å². The van der Waals surface area contributed by atoms with Gasteiger partial charge in [-0.1, -0.05) is 5.16 Å². The van der Waals surface area contributed by atoms with Crippen molar-refractivity contribution in [2.45, 2.75) is 51.7 Å². The minimum absolute atomic E-state index is 0.0637. The number of rotatable bonds is 7. The molecular weight excluding hydrogens is 246 g/mol. The van der Waals surface area contributed by atoms with Gasteiger partial charge in [-0.05, 0) is 32.6 Å². The molecule has 1 rings (SSSR count). The monoisotopic (exact) mass is 271 g/mol. The lowest BCUT2D eigenvalue weighted by Gasteiger charge is -2.36. The average Bonchev–Trinajstić information content (AvgIpc) is 2.34. The number of nitrogens with zero attached hydrogens (tertiary/aromatic N) is 2. The summed E-state index contributed by atoms with van der Waals surface area (Å²) in [5.74, 6) is 0.688. The number of nitrogens with two attached hydrogens (primary N) is 1. The van der Waals surface area contributed by atoms with Crippen LogP contribution in [0.15, 0.2) is 5.16 Å². The molecule has 1 aliphatic carbocycles. The highest BCUT2D eigenvalue weighted by molar-refractivity contribution is 5.82. The highest BCUT2D eigenvalue weighted by Gasteiger charge is 2.32. The van der Waals surface area contributed by atoms with E-state index >= 15 is 0 Å². The first-order chi connectivity index (χ1) is 8.97. The summed E-state index contributed by atoms with van der Waals surface area (Å²) in [6.07, 6.45) is 3.22. The van der Waals surface area contributed by atoms with Gasteiger partial charge in [-0.15, -0.1) is 0 Å². The van der Waals surface area contributed by atoms with Crippen molar-refractivity contribution >= 4 is 11.7 Å². The Hall–Kier alpha value is -1.30. The average molecular weight is 271 g/mol. The fourth-order valence-corrected chi connectivity index (χ4v) is 2.33. The minimum atomic E-state index is -0.0637. The number of ether oxygens (including phenoxy) is 1. The second-order valence-corrected chi connectivity index (χ2v) is 5.27. The van der Waals surface area contributed by atoms with Crippen molar-refractivity contribution in [3.05, 3.63) is 0 Å². The second kappa shape index (κ2) is 7.33. The molecule has 1 unspecified atom stereocenters. The van der Waals surface area contributed by atoms with Crippen LogP contribution in [0.3, 0.4) is 0 Å². The van der Waals surface area contributed by atoms with Gasteiger partial charge >= 0.3 is 0 Å². The Kier molecular flexibility index (Phi) is 6.08. The Morgan fingerprint density at radius 1 is 1.58 bits per heavy atom. The zero-order valence-corrected chi connectivity index (χ0v) is 12.0. The lowest BCUT2D eigenvalue weighted by atomic mass is 9.79. The summed E-state index contributed by atoms with van der Waals surface area (Å²) in [5, 5.41) is 11.5. The Labute approximate surface area is 114 Å². The summed E-state index contributed by atoms with van der Waals surface area (Å²) >= 11 is 0. The van der Waals surface area contributed by atoms with Gasteiger partial charge in [-0.3, -0.25) is 4.79 Å².